The Hall–Kier alpha value is -2.91. The molecule has 8 nitrogen and oxygen atoms in total. The van der Waals surface area contributed by atoms with E-state index >= 15 is 0 Å². The molecule has 0 bridgehead atoms. The van der Waals surface area contributed by atoms with E-state index in [1.165, 1.54) is 23.4 Å². The van der Waals surface area contributed by atoms with Crippen LogP contribution in [0.25, 0.3) is 5.69 Å². The lowest BCUT2D eigenvalue weighted by Gasteiger charge is -2.08. The molecule has 0 aliphatic heterocycles. The van der Waals surface area contributed by atoms with Gasteiger partial charge in [0, 0.05) is 24.2 Å². The summed E-state index contributed by atoms with van der Waals surface area (Å²) in [5.74, 6) is -0.0823. The Balaban J connectivity index is 1.53. The first kappa shape index (κ1) is 20.8. The summed E-state index contributed by atoms with van der Waals surface area (Å²) >= 11 is 7.10. The molecule has 0 atom stereocenters. The minimum atomic E-state index is -0.163. The van der Waals surface area contributed by atoms with E-state index in [4.69, 9.17) is 11.6 Å². The Morgan fingerprint density at radius 2 is 1.97 bits per heavy atom. The van der Waals surface area contributed by atoms with E-state index in [2.05, 4.69) is 26.2 Å². The normalized spacial score (nSPS) is 10.6. The maximum Gasteiger partial charge on any atom is 0.230 e. The van der Waals surface area contributed by atoms with Crippen molar-refractivity contribution in [3.63, 3.8) is 0 Å². The Morgan fingerprint density at radius 1 is 1.17 bits per heavy atom. The average Bonchev–Trinajstić information content (AvgIpc) is 3.16. The molecule has 3 aromatic rings. The molecular formula is C19H19ClN6O2S. The molecule has 2 aromatic carbocycles. The Kier molecular flexibility index (Phi) is 7.20. The minimum Gasteiger partial charge on any atom is -0.355 e. The van der Waals surface area contributed by atoms with Crippen LogP contribution in [0.4, 0.5) is 5.69 Å². The molecule has 0 saturated carbocycles. The number of anilines is 1. The van der Waals surface area contributed by atoms with E-state index < -0.39 is 0 Å². The van der Waals surface area contributed by atoms with Crippen LogP contribution in [0, 0.1) is 0 Å². The van der Waals surface area contributed by atoms with Crippen molar-refractivity contribution >= 4 is 40.9 Å². The lowest BCUT2D eigenvalue weighted by Crippen LogP contribution is -2.27. The van der Waals surface area contributed by atoms with E-state index in [1.807, 2.05) is 30.3 Å². The van der Waals surface area contributed by atoms with Crippen molar-refractivity contribution < 1.29 is 9.59 Å². The topological polar surface area (TPSA) is 102 Å². The lowest BCUT2D eigenvalue weighted by molar-refractivity contribution is -0.118. The third-order valence-corrected chi connectivity index (χ3v) is 5.00. The van der Waals surface area contributed by atoms with Crippen molar-refractivity contribution in [2.75, 3.05) is 17.6 Å². The van der Waals surface area contributed by atoms with E-state index in [-0.39, 0.29) is 17.6 Å². The smallest absolute Gasteiger partial charge is 0.230 e. The van der Waals surface area contributed by atoms with Crippen molar-refractivity contribution in [3.05, 3.63) is 59.1 Å². The number of amides is 2. The number of thioether (sulfide) groups is 1. The first-order valence-electron chi connectivity index (χ1n) is 8.81. The maximum atomic E-state index is 12.1. The number of benzene rings is 2. The first-order chi connectivity index (χ1) is 14.0. The second-order valence-electron chi connectivity index (χ2n) is 6.12. The second-order valence-corrected chi connectivity index (χ2v) is 7.50. The molecule has 1 heterocycles. The quantitative estimate of drug-likeness (QED) is 0.533. The van der Waals surface area contributed by atoms with Gasteiger partial charge in [0.15, 0.2) is 0 Å². The molecule has 0 aliphatic rings. The summed E-state index contributed by atoms with van der Waals surface area (Å²) < 4.78 is 1.52. The molecule has 0 aliphatic carbocycles. The van der Waals surface area contributed by atoms with E-state index in [9.17, 15) is 9.59 Å². The molecule has 1 aromatic heterocycles. The molecule has 2 N–H and O–H groups in total. The maximum absolute atomic E-state index is 12.1. The van der Waals surface area contributed by atoms with Crippen LogP contribution in [-0.4, -0.2) is 44.3 Å². The summed E-state index contributed by atoms with van der Waals surface area (Å²) in [6.07, 6.45) is 0.723. The highest BCUT2D eigenvalue weighted by atomic mass is 35.5. The largest absolute Gasteiger partial charge is 0.355 e. The second kappa shape index (κ2) is 10.0. The van der Waals surface area contributed by atoms with Crippen LogP contribution in [0.2, 0.25) is 5.02 Å². The number of halogens is 1. The van der Waals surface area contributed by atoms with E-state index in [0.717, 1.165) is 12.0 Å². The van der Waals surface area contributed by atoms with Crippen molar-refractivity contribution in [1.82, 2.24) is 25.5 Å². The number of aromatic nitrogens is 4. The molecule has 2 amide bonds. The number of nitrogens with one attached hydrogen (secondary N) is 2. The highest BCUT2D eigenvalue weighted by Gasteiger charge is 2.12. The summed E-state index contributed by atoms with van der Waals surface area (Å²) in [7, 11) is 0. The van der Waals surface area contributed by atoms with Gasteiger partial charge in [-0.3, -0.25) is 9.59 Å². The highest BCUT2D eigenvalue weighted by molar-refractivity contribution is 7.99. The third kappa shape index (κ3) is 6.30. The van der Waals surface area contributed by atoms with Gasteiger partial charge in [0.05, 0.1) is 11.4 Å². The Labute approximate surface area is 177 Å². The van der Waals surface area contributed by atoms with Gasteiger partial charge in [0.25, 0.3) is 0 Å². The molecular weight excluding hydrogens is 412 g/mol. The average molecular weight is 431 g/mol. The van der Waals surface area contributed by atoms with Gasteiger partial charge < -0.3 is 10.6 Å². The summed E-state index contributed by atoms with van der Waals surface area (Å²) in [6, 6.07) is 14.7. The molecule has 0 radical (unpaired) electrons. The molecule has 150 valence electrons. The van der Waals surface area contributed by atoms with Crippen LogP contribution in [0.1, 0.15) is 12.5 Å². The molecule has 29 heavy (non-hydrogen) atoms. The number of hydrogen-bond acceptors (Lipinski definition) is 6. The fourth-order valence-corrected chi connectivity index (χ4v) is 3.37. The van der Waals surface area contributed by atoms with Gasteiger partial charge in [-0.15, -0.1) is 5.10 Å². The van der Waals surface area contributed by atoms with Crippen LogP contribution >= 0.6 is 23.4 Å². The van der Waals surface area contributed by atoms with Crippen LogP contribution in [0.15, 0.2) is 53.7 Å². The van der Waals surface area contributed by atoms with Crippen LogP contribution in [-0.2, 0) is 16.0 Å². The monoisotopic (exact) mass is 430 g/mol. The van der Waals surface area contributed by atoms with Crippen molar-refractivity contribution in [3.8, 4) is 5.69 Å². The number of nitrogens with zero attached hydrogens (tertiary/aromatic N) is 4. The molecule has 0 fully saturated rings. The van der Waals surface area contributed by atoms with E-state index in [1.54, 1.807) is 18.2 Å². The van der Waals surface area contributed by atoms with Gasteiger partial charge in [-0.05, 0) is 52.7 Å². The van der Waals surface area contributed by atoms with Gasteiger partial charge >= 0.3 is 0 Å². The van der Waals surface area contributed by atoms with Crippen molar-refractivity contribution in [1.29, 1.82) is 0 Å². The number of carbonyl (C=O) groups excluding carboxylic acids is 2. The van der Waals surface area contributed by atoms with Crippen LogP contribution in [0.5, 0.6) is 0 Å². The molecule has 0 spiro atoms. The predicted octanol–water partition coefficient (Wildman–Crippen LogP) is 2.73. The number of tetrazole rings is 1. The fraction of sp³-hybridized carbons (Fsp3) is 0.211. The SMILES string of the molecule is CC(=O)Nc1cccc(-n2nnnc2SCC(=O)NCCc2ccc(Cl)cc2)c1. The van der Waals surface area contributed by atoms with Crippen LogP contribution < -0.4 is 10.6 Å². The first-order valence-corrected chi connectivity index (χ1v) is 10.2. The van der Waals surface area contributed by atoms with Gasteiger partial charge in [0.2, 0.25) is 17.0 Å². The van der Waals surface area contributed by atoms with Gasteiger partial charge in [-0.25, -0.2) is 0 Å². The molecule has 10 heteroatoms. The molecule has 0 saturated heterocycles. The van der Waals surface area contributed by atoms with Crippen molar-refractivity contribution in [2.24, 2.45) is 0 Å². The van der Waals surface area contributed by atoms with Gasteiger partial charge in [-0.1, -0.05) is 41.6 Å². The van der Waals surface area contributed by atoms with E-state index in [0.29, 0.717) is 28.1 Å². The summed E-state index contributed by atoms with van der Waals surface area (Å²) in [4.78, 5) is 23.4. The predicted molar refractivity (Wildman–Crippen MR) is 112 cm³/mol. The third-order valence-electron chi connectivity index (χ3n) is 3.83. The van der Waals surface area contributed by atoms with Gasteiger partial charge in [-0.2, -0.15) is 4.68 Å². The summed E-state index contributed by atoms with van der Waals surface area (Å²) in [6.45, 7) is 1.97. The number of hydrogen-bond donors (Lipinski definition) is 2. The number of rotatable bonds is 8. The Morgan fingerprint density at radius 3 is 2.72 bits per heavy atom. The summed E-state index contributed by atoms with van der Waals surface area (Å²) in [5.41, 5.74) is 2.43. The lowest BCUT2D eigenvalue weighted by atomic mass is 10.1. The zero-order valence-corrected chi connectivity index (χ0v) is 17.2. The molecule has 3 rings (SSSR count). The number of carbonyl (C=O) groups is 2. The zero-order valence-electron chi connectivity index (χ0n) is 15.6. The summed E-state index contributed by atoms with van der Waals surface area (Å²) in [5, 5.41) is 18.4. The fourth-order valence-electron chi connectivity index (χ4n) is 2.53. The minimum absolute atomic E-state index is 0.106. The van der Waals surface area contributed by atoms with Crippen LogP contribution in [0.3, 0.4) is 0 Å². The van der Waals surface area contributed by atoms with Gasteiger partial charge in [0.1, 0.15) is 0 Å². The highest BCUT2D eigenvalue weighted by Crippen LogP contribution is 2.20. The van der Waals surface area contributed by atoms with Crippen molar-refractivity contribution in [2.45, 2.75) is 18.5 Å². The zero-order chi connectivity index (χ0) is 20.6. The molecule has 0 unspecified atom stereocenters. The standard InChI is InChI=1S/C19H19ClN6O2S/c1-13(27)22-16-3-2-4-17(11-16)26-19(23-24-25-26)29-12-18(28)21-10-9-14-5-7-15(20)8-6-14/h2-8,11H,9-10,12H2,1H3,(H,21,28)(H,22,27). The Bertz CT molecular complexity index is 992.